The number of hydrogen-bond donors (Lipinski definition) is 1. The van der Waals surface area contributed by atoms with E-state index in [1.807, 2.05) is 31.2 Å². The second-order valence-electron chi connectivity index (χ2n) is 8.02. The fourth-order valence-corrected chi connectivity index (χ4v) is 3.69. The van der Waals surface area contributed by atoms with Crippen LogP contribution in [0.3, 0.4) is 0 Å². The highest BCUT2D eigenvalue weighted by Crippen LogP contribution is 2.34. The van der Waals surface area contributed by atoms with Crippen molar-refractivity contribution in [2.75, 3.05) is 0 Å². The number of carbonyl (C=O) groups excluding carboxylic acids is 2. The number of nitrogens with zero attached hydrogens (tertiary/aromatic N) is 3. The van der Waals surface area contributed by atoms with Crippen LogP contribution in [0.25, 0.3) is 5.65 Å². The zero-order valence-electron chi connectivity index (χ0n) is 15.7. The quantitative estimate of drug-likeness (QED) is 0.777. The number of Topliss-reactive ketones (excluding diaryl/α,β-unsaturated/α-hetero) is 1. The van der Waals surface area contributed by atoms with Crippen LogP contribution in [0.15, 0.2) is 36.7 Å². The van der Waals surface area contributed by atoms with Gasteiger partial charge in [0, 0.05) is 19.2 Å². The van der Waals surface area contributed by atoms with Gasteiger partial charge < -0.3 is 5.32 Å². The third-order valence-electron chi connectivity index (χ3n) is 4.99. The molecule has 27 heavy (non-hydrogen) atoms. The molecule has 138 valence electrons. The maximum absolute atomic E-state index is 12.7. The van der Waals surface area contributed by atoms with Crippen molar-refractivity contribution in [2.24, 2.45) is 5.41 Å². The van der Waals surface area contributed by atoms with Crippen LogP contribution in [0.2, 0.25) is 0 Å². The van der Waals surface area contributed by atoms with Gasteiger partial charge >= 0.3 is 0 Å². The molecule has 0 spiro atoms. The second kappa shape index (κ2) is 6.30. The van der Waals surface area contributed by atoms with E-state index in [1.165, 1.54) is 6.20 Å². The lowest BCUT2D eigenvalue weighted by molar-refractivity contribution is 0.0907. The molecular formula is C21H22N4O2. The molecule has 0 radical (unpaired) electrons. The minimum Gasteiger partial charge on any atom is -0.348 e. The zero-order chi connectivity index (χ0) is 19.2. The first-order valence-corrected chi connectivity index (χ1v) is 9.07. The summed E-state index contributed by atoms with van der Waals surface area (Å²) in [7, 11) is 0. The van der Waals surface area contributed by atoms with Crippen molar-refractivity contribution in [2.45, 2.75) is 40.2 Å². The number of benzene rings is 1. The molecule has 0 bridgehead atoms. The van der Waals surface area contributed by atoms with Crippen LogP contribution in [0.4, 0.5) is 0 Å². The average molecular weight is 362 g/mol. The van der Waals surface area contributed by atoms with Crippen LogP contribution >= 0.6 is 0 Å². The third-order valence-corrected chi connectivity index (χ3v) is 4.99. The van der Waals surface area contributed by atoms with E-state index >= 15 is 0 Å². The molecule has 1 aromatic carbocycles. The van der Waals surface area contributed by atoms with E-state index in [-0.39, 0.29) is 17.1 Å². The predicted molar refractivity (Wildman–Crippen MR) is 102 cm³/mol. The fraction of sp³-hybridized carbons (Fsp3) is 0.333. The molecule has 6 heteroatoms. The summed E-state index contributed by atoms with van der Waals surface area (Å²) in [4.78, 5) is 29.4. The molecule has 0 aliphatic heterocycles. The summed E-state index contributed by atoms with van der Waals surface area (Å²) in [5.74, 6) is -0.142. The van der Waals surface area contributed by atoms with Crippen LogP contribution in [0, 0.1) is 12.3 Å². The van der Waals surface area contributed by atoms with Gasteiger partial charge in [-0.2, -0.15) is 5.10 Å². The SMILES string of the molecule is Cc1cccc(CNC(=O)c2cnn3c4c(cnc23)C(=O)CC(C)(C)C4)c1. The number of carbonyl (C=O) groups is 2. The highest BCUT2D eigenvalue weighted by atomic mass is 16.1. The van der Waals surface area contributed by atoms with E-state index in [4.69, 9.17) is 0 Å². The monoisotopic (exact) mass is 362 g/mol. The molecule has 0 saturated heterocycles. The predicted octanol–water partition coefficient (Wildman–Crippen LogP) is 3.12. The van der Waals surface area contributed by atoms with Gasteiger partial charge in [0.2, 0.25) is 0 Å². The van der Waals surface area contributed by atoms with Crippen LogP contribution in [0.1, 0.15) is 57.8 Å². The normalized spacial score (nSPS) is 15.6. The summed E-state index contributed by atoms with van der Waals surface area (Å²) in [6.45, 7) is 6.60. The molecule has 2 heterocycles. The first kappa shape index (κ1) is 17.4. The molecule has 6 nitrogen and oxygen atoms in total. The lowest BCUT2D eigenvalue weighted by Gasteiger charge is -2.29. The Morgan fingerprint density at radius 1 is 1.26 bits per heavy atom. The molecule has 0 saturated carbocycles. The summed E-state index contributed by atoms with van der Waals surface area (Å²) < 4.78 is 1.65. The number of aromatic nitrogens is 3. The number of ketones is 1. The lowest BCUT2D eigenvalue weighted by Crippen LogP contribution is -2.29. The Labute approximate surface area is 157 Å². The van der Waals surface area contributed by atoms with E-state index in [9.17, 15) is 9.59 Å². The van der Waals surface area contributed by atoms with Gasteiger partial charge in [-0.1, -0.05) is 43.7 Å². The molecular weight excluding hydrogens is 340 g/mol. The van der Waals surface area contributed by atoms with Crippen molar-refractivity contribution >= 4 is 17.3 Å². The van der Waals surface area contributed by atoms with E-state index in [1.54, 1.807) is 10.7 Å². The third kappa shape index (κ3) is 3.23. The van der Waals surface area contributed by atoms with Gasteiger partial charge in [0.1, 0.15) is 5.56 Å². The van der Waals surface area contributed by atoms with Crippen LogP contribution < -0.4 is 5.32 Å². The largest absolute Gasteiger partial charge is 0.348 e. The van der Waals surface area contributed by atoms with Gasteiger partial charge in [-0.25, -0.2) is 9.50 Å². The number of amides is 1. The summed E-state index contributed by atoms with van der Waals surface area (Å²) in [5, 5.41) is 7.29. The highest BCUT2D eigenvalue weighted by Gasteiger charge is 2.33. The summed E-state index contributed by atoms with van der Waals surface area (Å²) in [5.41, 5.74) is 4.41. The maximum atomic E-state index is 12.7. The van der Waals surface area contributed by atoms with Crippen molar-refractivity contribution < 1.29 is 9.59 Å². The topological polar surface area (TPSA) is 76.4 Å². The average Bonchev–Trinajstić information content (AvgIpc) is 3.03. The van der Waals surface area contributed by atoms with Gasteiger partial charge in [-0.15, -0.1) is 0 Å². The van der Waals surface area contributed by atoms with Crippen LogP contribution in [-0.2, 0) is 13.0 Å². The molecule has 1 aliphatic carbocycles. The van der Waals surface area contributed by atoms with Gasteiger partial charge in [-0.05, 0) is 24.3 Å². The van der Waals surface area contributed by atoms with Crippen molar-refractivity contribution in [1.82, 2.24) is 19.9 Å². The van der Waals surface area contributed by atoms with E-state index in [0.29, 0.717) is 29.7 Å². The highest BCUT2D eigenvalue weighted by molar-refractivity contribution is 6.01. The molecule has 4 rings (SSSR count). The van der Waals surface area contributed by atoms with Crippen LogP contribution in [-0.4, -0.2) is 26.3 Å². The van der Waals surface area contributed by atoms with Gasteiger partial charge in [0.15, 0.2) is 11.4 Å². The zero-order valence-corrected chi connectivity index (χ0v) is 15.7. The van der Waals surface area contributed by atoms with Crippen molar-refractivity contribution in [3.8, 4) is 0 Å². The summed E-state index contributed by atoms with van der Waals surface area (Å²) >= 11 is 0. The van der Waals surface area contributed by atoms with Gasteiger partial charge in [0.25, 0.3) is 5.91 Å². The Balaban J connectivity index is 1.64. The number of rotatable bonds is 3. The molecule has 1 N–H and O–H groups in total. The van der Waals surface area contributed by atoms with Crippen molar-refractivity contribution in [1.29, 1.82) is 0 Å². The Morgan fingerprint density at radius 3 is 2.85 bits per heavy atom. The number of fused-ring (bicyclic) bond motifs is 3. The number of nitrogens with one attached hydrogen (secondary N) is 1. The number of aryl methyl sites for hydroxylation is 1. The molecule has 2 aromatic heterocycles. The minimum absolute atomic E-state index is 0.0802. The molecule has 1 aliphatic rings. The molecule has 0 fully saturated rings. The first-order chi connectivity index (χ1) is 12.8. The first-order valence-electron chi connectivity index (χ1n) is 9.07. The lowest BCUT2D eigenvalue weighted by atomic mass is 9.76. The van der Waals surface area contributed by atoms with Gasteiger partial charge in [-0.3, -0.25) is 9.59 Å². The Bertz CT molecular complexity index is 1070. The fourth-order valence-electron chi connectivity index (χ4n) is 3.69. The molecule has 3 aromatic rings. The van der Waals surface area contributed by atoms with E-state index in [0.717, 1.165) is 23.2 Å². The molecule has 1 amide bonds. The smallest absolute Gasteiger partial charge is 0.257 e. The van der Waals surface area contributed by atoms with Crippen LogP contribution in [0.5, 0.6) is 0 Å². The Morgan fingerprint density at radius 2 is 2.07 bits per heavy atom. The number of hydrogen-bond acceptors (Lipinski definition) is 4. The van der Waals surface area contributed by atoms with Crippen molar-refractivity contribution in [3.05, 3.63) is 64.6 Å². The molecule has 0 atom stereocenters. The Kier molecular flexibility index (Phi) is 4.06. The summed E-state index contributed by atoms with van der Waals surface area (Å²) in [6.07, 6.45) is 4.33. The standard InChI is InChI=1S/C21H22N4O2/c1-13-5-4-6-14(7-13)10-23-20(27)16-12-24-25-17-8-21(2,3)9-18(26)15(17)11-22-19(16)25/h4-7,11-12H,8-10H2,1-3H3,(H,23,27). The second-order valence-corrected chi connectivity index (χ2v) is 8.02. The van der Waals surface area contributed by atoms with E-state index in [2.05, 4.69) is 29.2 Å². The van der Waals surface area contributed by atoms with Gasteiger partial charge in [0.05, 0.1) is 17.5 Å². The maximum Gasteiger partial charge on any atom is 0.257 e. The summed E-state index contributed by atoms with van der Waals surface area (Å²) in [6, 6.07) is 8.01. The van der Waals surface area contributed by atoms with Crippen molar-refractivity contribution in [3.63, 3.8) is 0 Å². The Hall–Kier alpha value is -3.02. The molecule has 0 unspecified atom stereocenters. The minimum atomic E-state index is -0.222. The van der Waals surface area contributed by atoms with E-state index < -0.39 is 0 Å².